The lowest BCUT2D eigenvalue weighted by Gasteiger charge is -2.34. The Hall–Kier alpha value is -8.58. The van der Waals surface area contributed by atoms with Gasteiger partial charge in [-0.05, 0) is 252 Å². The minimum atomic E-state index is -0.163. The Morgan fingerprint density at radius 3 is 1.29 bits per heavy atom. The van der Waals surface area contributed by atoms with Crippen LogP contribution in [0.15, 0.2) is 231 Å². The second-order valence-electron chi connectivity index (χ2n) is 29.3. The molecule has 0 heteroatoms. The molecular formula is C91H90. The zero-order chi connectivity index (χ0) is 62.8. The highest BCUT2D eigenvalue weighted by Crippen LogP contribution is 2.60. The summed E-state index contributed by atoms with van der Waals surface area (Å²) < 4.78 is 0. The lowest BCUT2D eigenvalue weighted by atomic mass is 9.70. The number of aryl methyl sites for hydroxylation is 4. The molecule has 0 radical (unpaired) electrons. The normalized spacial score (nSPS) is 15.1. The van der Waals surface area contributed by atoms with Crippen LogP contribution in [0.25, 0.3) is 89.0 Å². The van der Waals surface area contributed by atoms with Gasteiger partial charge in [0.25, 0.3) is 0 Å². The van der Waals surface area contributed by atoms with Crippen molar-refractivity contribution in [2.75, 3.05) is 0 Å². The summed E-state index contributed by atoms with van der Waals surface area (Å²) in [6, 6.07) is 88.0. The summed E-state index contributed by atoms with van der Waals surface area (Å²) >= 11 is 0. The van der Waals surface area contributed by atoms with Crippen molar-refractivity contribution in [3.63, 3.8) is 0 Å². The molecule has 0 amide bonds. The number of hydrogen-bond acceptors (Lipinski definition) is 0. The molecule has 454 valence electrons. The Balaban J connectivity index is 0.000000596. The molecule has 2 saturated carbocycles. The van der Waals surface area contributed by atoms with Crippen LogP contribution in [0.4, 0.5) is 0 Å². The second-order valence-corrected chi connectivity index (χ2v) is 29.3. The third-order valence-electron chi connectivity index (χ3n) is 21.8. The fraction of sp³-hybridized carbons (Fsp3) is 0.275. The van der Waals surface area contributed by atoms with Crippen LogP contribution in [0.2, 0.25) is 0 Å². The van der Waals surface area contributed by atoms with Crippen molar-refractivity contribution in [1.82, 2.24) is 0 Å². The Kier molecular flexibility index (Phi) is 16.0. The van der Waals surface area contributed by atoms with Crippen molar-refractivity contribution < 1.29 is 0 Å². The van der Waals surface area contributed by atoms with Gasteiger partial charge in [-0.25, -0.2) is 0 Å². The molecule has 0 aliphatic heterocycles. The molecule has 15 rings (SSSR count). The van der Waals surface area contributed by atoms with Gasteiger partial charge in [0.05, 0.1) is 0 Å². The van der Waals surface area contributed by atoms with E-state index in [2.05, 4.69) is 300 Å². The molecule has 0 saturated heterocycles. The Labute approximate surface area is 544 Å². The fourth-order valence-corrected chi connectivity index (χ4v) is 16.1. The molecule has 4 aliphatic carbocycles. The topological polar surface area (TPSA) is 0 Å². The number of rotatable bonds is 13. The van der Waals surface area contributed by atoms with E-state index in [4.69, 9.17) is 0 Å². The Morgan fingerprint density at radius 1 is 0.352 bits per heavy atom. The average molecular weight is 1180 g/mol. The van der Waals surface area contributed by atoms with Crippen molar-refractivity contribution in [2.45, 2.75) is 162 Å². The van der Waals surface area contributed by atoms with Gasteiger partial charge in [-0.2, -0.15) is 0 Å². The van der Waals surface area contributed by atoms with E-state index < -0.39 is 0 Å². The lowest BCUT2D eigenvalue weighted by Crippen LogP contribution is -2.17. The van der Waals surface area contributed by atoms with Crippen molar-refractivity contribution in [1.29, 1.82) is 0 Å². The molecular weight excluding hydrogens is 1090 g/mol. The monoisotopic (exact) mass is 1180 g/mol. The van der Waals surface area contributed by atoms with Gasteiger partial charge in [0.15, 0.2) is 0 Å². The zero-order valence-corrected chi connectivity index (χ0v) is 55.7. The van der Waals surface area contributed by atoms with Crippen LogP contribution in [0, 0.1) is 20.8 Å². The van der Waals surface area contributed by atoms with Crippen LogP contribution in [-0.2, 0) is 29.1 Å². The van der Waals surface area contributed by atoms with Crippen molar-refractivity contribution in [2.24, 2.45) is 0 Å². The quantitative estimate of drug-likeness (QED) is 0.101. The van der Waals surface area contributed by atoms with Crippen LogP contribution in [-0.4, -0.2) is 0 Å². The van der Waals surface area contributed by atoms with Crippen LogP contribution in [0.5, 0.6) is 0 Å². The minimum absolute atomic E-state index is 0.161. The molecule has 0 heterocycles. The average Bonchev–Trinajstić information content (AvgIpc) is 1.59. The zero-order valence-electron chi connectivity index (χ0n) is 55.7. The number of benzene rings is 11. The number of fused-ring (bicyclic) bond motifs is 6. The summed E-state index contributed by atoms with van der Waals surface area (Å²) in [4.78, 5) is 0. The van der Waals surface area contributed by atoms with Crippen molar-refractivity contribution in [3.05, 3.63) is 297 Å². The summed E-state index contributed by atoms with van der Waals surface area (Å²) in [6.07, 6.45) is 12.1. The van der Waals surface area contributed by atoms with Crippen LogP contribution < -0.4 is 0 Å². The van der Waals surface area contributed by atoms with Gasteiger partial charge in [0, 0.05) is 10.8 Å². The molecule has 91 heavy (non-hydrogen) atoms. The summed E-state index contributed by atoms with van der Waals surface area (Å²) in [5.41, 5.74) is 39.3. The van der Waals surface area contributed by atoms with E-state index in [1.807, 2.05) is 0 Å². The maximum atomic E-state index is 2.64. The second kappa shape index (κ2) is 24.2. The van der Waals surface area contributed by atoms with E-state index >= 15 is 0 Å². The molecule has 4 aliphatic rings. The molecule has 0 nitrogen and oxygen atoms in total. The van der Waals surface area contributed by atoms with Gasteiger partial charge in [0.2, 0.25) is 0 Å². The maximum absolute atomic E-state index is 2.64. The predicted octanol–water partition coefficient (Wildman–Crippen LogP) is 25.3. The summed E-state index contributed by atoms with van der Waals surface area (Å²) in [5, 5.41) is 0. The first-order valence-electron chi connectivity index (χ1n) is 34.3. The van der Waals surface area contributed by atoms with Crippen molar-refractivity contribution >= 4 is 0 Å². The smallest absolute Gasteiger partial charge is 0.0159 e. The molecule has 11 aromatic rings. The first-order chi connectivity index (χ1) is 44.1. The molecule has 0 aromatic heterocycles. The van der Waals surface area contributed by atoms with Gasteiger partial charge in [0.1, 0.15) is 0 Å². The number of hydrogen-bond donors (Lipinski definition) is 0. The molecule has 0 unspecified atom stereocenters. The standard InChI is InChI=1S/C80H74.C11H16/c1-51-25-13-16-36-59(51)78-75(58-34-24-35-58)69(64-41-21-18-38-61(64)56-30-11-8-12-31-56)50-73-77(78)67-46-44-54(48-71(67)80(73,5)6)27-15-14-26-53-43-45-66-70(47-53)79(3,4)72-49-68(63-40-20-17-37-60(63)55-28-9-7-10-29-55)52(2)74(76(66)72)65-42-22-19-39-62(65)57-32-23-33-57;1-9-5-7-10(8-6-9)11(2,3)4/h7-13,16-22,25,28-31,36-50,57-58H,14-15,23-24,26-27,32-35H2,1-6H3;5-8H,1-4H3. The molecule has 2 fully saturated rings. The SMILES string of the molecule is Cc1ccc(C(C)(C)C)cc1.Cc1ccccc1-c1c2c(cc(-c3ccccc3-c3ccccc3)c1C1CCC1)C(C)(C)c1cc(CCCCc3ccc4c(c3)C(C)(C)c3cc(-c5ccccc5-c5ccccc5)c(C)c(-c5ccccc5C5CCC5)c3-4)ccc1-2. The summed E-state index contributed by atoms with van der Waals surface area (Å²) in [5.74, 6) is 1.16. The predicted molar refractivity (Wildman–Crippen MR) is 390 cm³/mol. The van der Waals surface area contributed by atoms with Gasteiger partial charge < -0.3 is 0 Å². The highest BCUT2D eigenvalue weighted by molar-refractivity contribution is 6.02. The molecule has 0 atom stereocenters. The van der Waals surface area contributed by atoms with Gasteiger partial charge in [-0.1, -0.05) is 285 Å². The van der Waals surface area contributed by atoms with E-state index in [0.717, 1.165) is 25.7 Å². The van der Waals surface area contributed by atoms with Gasteiger partial charge in [-0.3, -0.25) is 0 Å². The first-order valence-corrected chi connectivity index (χ1v) is 34.3. The summed E-state index contributed by atoms with van der Waals surface area (Å²) in [7, 11) is 0. The Bertz CT molecular complexity index is 4510. The molecule has 0 bridgehead atoms. The minimum Gasteiger partial charge on any atom is -0.0622 e. The molecule has 0 N–H and O–H groups in total. The van der Waals surface area contributed by atoms with Gasteiger partial charge >= 0.3 is 0 Å². The number of unbranched alkanes of at least 4 members (excludes halogenated alkanes) is 1. The van der Waals surface area contributed by atoms with Crippen LogP contribution in [0.3, 0.4) is 0 Å². The lowest BCUT2D eigenvalue weighted by molar-refractivity contribution is 0.420. The summed E-state index contributed by atoms with van der Waals surface area (Å²) in [6.45, 7) is 23.5. The highest BCUT2D eigenvalue weighted by Gasteiger charge is 2.42. The molecule has 11 aromatic carbocycles. The van der Waals surface area contributed by atoms with E-state index in [0.29, 0.717) is 11.8 Å². The van der Waals surface area contributed by atoms with E-state index in [-0.39, 0.29) is 16.2 Å². The third-order valence-corrected chi connectivity index (χ3v) is 21.8. The van der Waals surface area contributed by atoms with Crippen LogP contribution in [0.1, 0.15) is 178 Å². The Morgan fingerprint density at radius 2 is 0.791 bits per heavy atom. The van der Waals surface area contributed by atoms with Crippen molar-refractivity contribution in [3.8, 4) is 89.0 Å². The van der Waals surface area contributed by atoms with E-state index in [1.165, 1.54) is 189 Å². The van der Waals surface area contributed by atoms with E-state index in [9.17, 15) is 0 Å². The molecule has 0 spiro atoms. The first kappa shape index (κ1) is 60.0. The van der Waals surface area contributed by atoms with Crippen LogP contribution >= 0.6 is 0 Å². The fourth-order valence-electron chi connectivity index (χ4n) is 16.1. The third kappa shape index (κ3) is 11.0. The van der Waals surface area contributed by atoms with E-state index in [1.54, 1.807) is 5.56 Å². The largest absolute Gasteiger partial charge is 0.0622 e. The highest BCUT2D eigenvalue weighted by atomic mass is 14.5. The van der Waals surface area contributed by atoms with Gasteiger partial charge in [-0.15, -0.1) is 0 Å². The maximum Gasteiger partial charge on any atom is 0.0159 e.